The number of nitrogens with zero attached hydrogens (tertiary/aromatic N) is 1. The molecule has 5 rings (SSSR count). The number of carbonyl (C=O) groups excluding carboxylic acids is 2. The predicted octanol–water partition coefficient (Wildman–Crippen LogP) is 3.89. The van der Waals surface area contributed by atoms with Crippen molar-refractivity contribution in [3.8, 4) is 0 Å². The van der Waals surface area contributed by atoms with Crippen LogP contribution in [0.5, 0.6) is 0 Å². The van der Waals surface area contributed by atoms with Crippen molar-refractivity contribution in [2.24, 2.45) is 5.92 Å². The van der Waals surface area contributed by atoms with Crippen LogP contribution in [0.2, 0.25) is 0 Å². The molecule has 2 aromatic carbocycles. The fraction of sp³-hybridized carbons (Fsp3) is 0.333. The van der Waals surface area contributed by atoms with Crippen molar-refractivity contribution < 1.29 is 22.8 Å². The monoisotopic (exact) mass is 433 g/mol. The standard InChI is InChI=1S/C21H18F3N3O2S/c22-21(23,24)12-4-3-5-13(8-12)25-18(28)16-9-14-10-30-11-27(14)20(16)15-6-1-2-7-17(15)26-19(20)29/h1-8,14,16H,9-11H2,(H,25,28)(H,26,29). The quantitative estimate of drug-likeness (QED) is 0.755. The van der Waals surface area contributed by atoms with E-state index in [1.54, 1.807) is 17.8 Å². The Morgan fingerprint density at radius 2 is 2.00 bits per heavy atom. The van der Waals surface area contributed by atoms with Crippen LogP contribution in [-0.2, 0) is 21.3 Å². The second kappa shape index (κ2) is 6.75. The van der Waals surface area contributed by atoms with Crippen molar-refractivity contribution >= 4 is 35.0 Å². The van der Waals surface area contributed by atoms with E-state index in [0.29, 0.717) is 18.0 Å². The van der Waals surface area contributed by atoms with Gasteiger partial charge in [0.15, 0.2) is 0 Å². The first-order valence-corrected chi connectivity index (χ1v) is 10.7. The molecule has 1 spiro atoms. The SMILES string of the molecule is O=C(Nc1cccc(C(F)(F)F)c1)C1CC2CSCN2C12C(=O)Nc1ccccc12. The average molecular weight is 433 g/mol. The summed E-state index contributed by atoms with van der Waals surface area (Å²) in [7, 11) is 0. The Morgan fingerprint density at radius 3 is 2.80 bits per heavy atom. The molecule has 2 fully saturated rings. The van der Waals surface area contributed by atoms with Gasteiger partial charge in [-0.25, -0.2) is 0 Å². The fourth-order valence-electron chi connectivity index (χ4n) is 4.91. The number of hydrogen-bond donors (Lipinski definition) is 2. The van der Waals surface area contributed by atoms with Gasteiger partial charge < -0.3 is 10.6 Å². The molecule has 0 saturated carbocycles. The van der Waals surface area contributed by atoms with Crippen molar-refractivity contribution in [1.29, 1.82) is 0 Å². The molecule has 3 atom stereocenters. The van der Waals surface area contributed by atoms with Crippen molar-refractivity contribution in [2.75, 3.05) is 22.3 Å². The zero-order valence-corrected chi connectivity index (χ0v) is 16.5. The van der Waals surface area contributed by atoms with Gasteiger partial charge in [-0.05, 0) is 30.7 Å². The van der Waals surface area contributed by atoms with E-state index in [4.69, 9.17) is 0 Å². The van der Waals surface area contributed by atoms with Crippen LogP contribution in [0.4, 0.5) is 24.5 Å². The van der Waals surface area contributed by atoms with E-state index in [2.05, 4.69) is 15.5 Å². The number of halogens is 3. The first kappa shape index (κ1) is 19.4. The number of anilines is 2. The molecule has 3 aliphatic heterocycles. The molecule has 0 aliphatic carbocycles. The van der Waals surface area contributed by atoms with Crippen molar-refractivity contribution in [1.82, 2.24) is 4.90 Å². The lowest BCUT2D eigenvalue weighted by Crippen LogP contribution is -2.53. The van der Waals surface area contributed by atoms with Gasteiger partial charge in [-0.2, -0.15) is 13.2 Å². The maximum Gasteiger partial charge on any atom is 0.416 e. The number of alkyl halides is 3. The second-order valence-electron chi connectivity index (χ2n) is 7.75. The van der Waals surface area contributed by atoms with E-state index in [9.17, 15) is 22.8 Å². The van der Waals surface area contributed by atoms with Gasteiger partial charge in [0.05, 0.1) is 11.5 Å². The lowest BCUT2D eigenvalue weighted by atomic mass is 9.79. The number of thioether (sulfide) groups is 1. The second-order valence-corrected chi connectivity index (χ2v) is 8.75. The average Bonchev–Trinajstić information content (AvgIpc) is 3.36. The molecule has 156 valence electrons. The Bertz CT molecular complexity index is 1040. The number of benzene rings is 2. The third kappa shape index (κ3) is 2.75. The van der Waals surface area contributed by atoms with E-state index >= 15 is 0 Å². The van der Waals surface area contributed by atoms with Crippen LogP contribution in [0, 0.1) is 5.92 Å². The molecule has 2 saturated heterocycles. The number of hydrogen-bond acceptors (Lipinski definition) is 4. The molecule has 0 aromatic heterocycles. The molecule has 3 heterocycles. The van der Waals surface area contributed by atoms with Crippen LogP contribution >= 0.6 is 11.8 Å². The lowest BCUT2D eigenvalue weighted by Gasteiger charge is -2.36. The molecule has 5 nitrogen and oxygen atoms in total. The van der Waals surface area contributed by atoms with E-state index < -0.39 is 29.1 Å². The number of rotatable bonds is 2. The van der Waals surface area contributed by atoms with Crippen LogP contribution in [0.25, 0.3) is 0 Å². The minimum atomic E-state index is -4.50. The number of nitrogens with one attached hydrogen (secondary N) is 2. The number of amides is 2. The van der Waals surface area contributed by atoms with Crippen LogP contribution < -0.4 is 10.6 Å². The molecule has 2 N–H and O–H groups in total. The van der Waals surface area contributed by atoms with Crippen LogP contribution in [-0.4, -0.2) is 34.4 Å². The van der Waals surface area contributed by atoms with E-state index in [-0.39, 0.29) is 17.6 Å². The van der Waals surface area contributed by atoms with Crippen molar-refractivity contribution in [2.45, 2.75) is 24.2 Å². The molecular formula is C21H18F3N3O2S. The number of para-hydroxylation sites is 1. The van der Waals surface area contributed by atoms with Gasteiger partial charge in [-0.3, -0.25) is 14.5 Å². The molecule has 30 heavy (non-hydrogen) atoms. The predicted molar refractivity (Wildman–Crippen MR) is 108 cm³/mol. The summed E-state index contributed by atoms with van der Waals surface area (Å²) in [4.78, 5) is 28.7. The van der Waals surface area contributed by atoms with Gasteiger partial charge in [0.25, 0.3) is 0 Å². The highest BCUT2D eigenvalue weighted by atomic mass is 32.2. The molecule has 3 unspecified atom stereocenters. The summed E-state index contributed by atoms with van der Waals surface area (Å²) < 4.78 is 39.1. The van der Waals surface area contributed by atoms with E-state index in [1.807, 2.05) is 18.2 Å². The molecule has 3 aliphatic rings. The normalized spacial score (nSPS) is 27.8. The zero-order valence-electron chi connectivity index (χ0n) is 15.7. The van der Waals surface area contributed by atoms with Gasteiger partial charge >= 0.3 is 6.18 Å². The van der Waals surface area contributed by atoms with Gasteiger partial charge in [-0.1, -0.05) is 24.3 Å². The first-order valence-electron chi connectivity index (χ1n) is 9.55. The Morgan fingerprint density at radius 1 is 1.20 bits per heavy atom. The Hall–Kier alpha value is -2.52. The van der Waals surface area contributed by atoms with Gasteiger partial charge in [-0.15, -0.1) is 11.8 Å². The molecule has 2 amide bonds. The first-order chi connectivity index (χ1) is 14.3. The molecular weight excluding hydrogens is 415 g/mol. The third-order valence-electron chi connectivity index (χ3n) is 6.15. The minimum absolute atomic E-state index is 0.0594. The molecule has 9 heteroatoms. The Balaban J connectivity index is 1.52. The van der Waals surface area contributed by atoms with Gasteiger partial charge in [0, 0.05) is 34.6 Å². The summed E-state index contributed by atoms with van der Waals surface area (Å²) in [5.74, 6) is 0.0321. The molecule has 0 bridgehead atoms. The van der Waals surface area contributed by atoms with Gasteiger partial charge in [0.2, 0.25) is 11.8 Å². The maximum atomic E-state index is 13.3. The molecule has 2 aromatic rings. The van der Waals surface area contributed by atoms with Crippen LogP contribution in [0.3, 0.4) is 0 Å². The van der Waals surface area contributed by atoms with E-state index in [0.717, 1.165) is 23.4 Å². The summed E-state index contributed by atoms with van der Waals surface area (Å²) in [6.07, 6.45) is -4.03. The summed E-state index contributed by atoms with van der Waals surface area (Å²) in [6.45, 7) is 0. The molecule has 0 radical (unpaired) electrons. The Labute approximate surface area is 175 Å². The highest BCUT2D eigenvalue weighted by Crippen LogP contribution is 2.55. The minimum Gasteiger partial charge on any atom is -0.326 e. The number of carbonyl (C=O) groups is 2. The number of fused-ring (bicyclic) bond motifs is 4. The van der Waals surface area contributed by atoms with Gasteiger partial charge in [0.1, 0.15) is 5.54 Å². The Kier molecular flexibility index (Phi) is 4.37. The summed E-state index contributed by atoms with van der Waals surface area (Å²) in [5, 5.41) is 5.54. The zero-order chi connectivity index (χ0) is 21.1. The summed E-state index contributed by atoms with van der Waals surface area (Å²) in [5.41, 5.74) is -0.474. The van der Waals surface area contributed by atoms with Crippen LogP contribution in [0.1, 0.15) is 17.5 Å². The van der Waals surface area contributed by atoms with Crippen molar-refractivity contribution in [3.05, 3.63) is 59.7 Å². The van der Waals surface area contributed by atoms with Crippen molar-refractivity contribution in [3.63, 3.8) is 0 Å². The topological polar surface area (TPSA) is 61.4 Å². The highest BCUT2D eigenvalue weighted by molar-refractivity contribution is 7.99. The fourth-order valence-corrected chi connectivity index (χ4v) is 6.21. The van der Waals surface area contributed by atoms with Crippen LogP contribution in [0.15, 0.2) is 48.5 Å². The third-order valence-corrected chi connectivity index (χ3v) is 7.23. The maximum absolute atomic E-state index is 13.3. The summed E-state index contributed by atoms with van der Waals surface area (Å²) in [6, 6.07) is 11.9. The van der Waals surface area contributed by atoms with E-state index in [1.165, 1.54) is 12.1 Å². The smallest absolute Gasteiger partial charge is 0.326 e. The summed E-state index contributed by atoms with van der Waals surface area (Å²) >= 11 is 1.72. The largest absolute Gasteiger partial charge is 0.416 e. The lowest BCUT2D eigenvalue weighted by molar-refractivity contribution is -0.137. The highest BCUT2D eigenvalue weighted by Gasteiger charge is 2.65.